The van der Waals surface area contributed by atoms with E-state index in [4.69, 9.17) is 0 Å². The number of rotatable bonds is 4. The van der Waals surface area contributed by atoms with Crippen molar-refractivity contribution in [3.63, 3.8) is 0 Å². The maximum Gasteiger partial charge on any atom is 0.243 e. The van der Waals surface area contributed by atoms with Crippen molar-refractivity contribution in [1.29, 1.82) is 0 Å². The van der Waals surface area contributed by atoms with Gasteiger partial charge in [0.05, 0.1) is 4.90 Å². The molecular formula is C19H23NO2S2. The second-order valence-corrected chi connectivity index (χ2v) is 9.21. The first-order chi connectivity index (χ1) is 11.6. The first kappa shape index (κ1) is 17.5. The Bertz CT molecular complexity index is 758. The fourth-order valence-corrected chi connectivity index (χ4v) is 5.77. The van der Waals surface area contributed by atoms with Crippen LogP contribution in [0.1, 0.15) is 29.7 Å². The minimum atomic E-state index is -3.40. The van der Waals surface area contributed by atoms with E-state index in [1.807, 2.05) is 42.1 Å². The van der Waals surface area contributed by atoms with E-state index in [9.17, 15) is 8.42 Å². The Labute approximate surface area is 149 Å². The summed E-state index contributed by atoms with van der Waals surface area (Å²) in [6.45, 7) is 3.22. The molecule has 0 aromatic heterocycles. The molecule has 24 heavy (non-hydrogen) atoms. The summed E-state index contributed by atoms with van der Waals surface area (Å²) in [6, 6.07) is 17.7. The number of nitrogens with zero attached hydrogens (tertiary/aromatic N) is 1. The van der Waals surface area contributed by atoms with Gasteiger partial charge in [-0.3, -0.25) is 0 Å². The van der Waals surface area contributed by atoms with E-state index < -0.39 is 10.0 Å². The van der Waals surface area contributed by atoms with Crippen molar-refractivity contribution in [2.45, 2.75) is 29.9 Å². The third-order valence-corrected chi connectivity index (χ3v) is 7.68. The summed E-state index contributed by atoms with van der Waals surface area (Å²) in [5, 5.41) is 0.369. The van der Waals surface area contributed by atoms with Gasteiger partial charge in [0.2, 0.25) is 10.0 Å². The minimum absolute atomic E-state index is 0.369. The fraction of sp³-hybridized carbons (Fsp3) is 0.368. The number of hydrogen-bond donors (Lipinski definition) is 0. The van der Waals surface area contributed by atoms with Gasteiger partial charge in [-0.25, -0.2) is 8.42 Å². The summed E-state index contributed by atoms with van der Waals surface area (Å²) < 4.78 is 27.4. The molecule has 3 rings (SSSR count). The molecule has 1 heterocycles. The second-order valence-electron chi connectivity index (χ2n) is 5.96. The number of aryl methyl sites for hydroxylation is 1. The highest BCUT2D eigenvalue weighted by atomic mass is 32.2. The van der Waals surface area contributed by atoms with Gasteiger partial charge >= 0.3 is 0 Å². The maximum atomic E-state index is 12.9. The van der Waals surface area contributed by atoms with Gasteiger partial charge in [-0.1, -0.05) is 49.4 Å². The molecule has 128 valence electrons. The topological polar surface area (TPSA) is 37.4 Å². The highest BCUT2D eigenvalue weighted by Gasteiger charge is 2.28. The quantitative estimate of drug-likeness (QED) is 0.822. The highest BCUT2D eigenvalue weighted by molar-refractivity contribution is 7.99. The van der Waals surface area contributed by atoms with Crippen molar-refractivity contribution in [1.82, 2.24) is 4.31 Å². The van der Waals surface area contributed by atoms with Crippen molar-refractivity contribution >= 4 is 21.8 Å². The van der Waals surface area contributed by atoms with Crippen LogP contribution >= 0.6 is 11.8 Å². The van der Waals surface area contributed by atoms with Gasteiger partial charge in [0.25, 0.3) is 0 Å². The third kappa shape index (κ3) is 3.85. The van der Waals surface area contributed by atoms with Crippen LogP contribution in [0.4, 0.5) is 0 Å². The largest absolute Gasteiger partial charge is 0.243 e. The zero-order chi connectivity index (χ0) is 17.0. The maximum absolute atomic E-state index is 12.9. The molecule has 0 saturated carbocycles. The molecule has 0 N–H and O–H groups in total. The van der Waals surface area contributed by atoms with Crippen molar-refractivity contribution in [2.75, 3.05) is 18.8 Å². The normalized spacial score (nSPS) is 19.8. The Balaban J connectivity index is 1.75. The van der Waals surface area contributed by atoms with Crippen LogP contribution in [0.15, 0.2) is 59.5 Å². The minimum Gasteiger partial charge on any atom is -0.207 e. The highest BCUT2D eigenvalue weighted by Crippen LogP contribution is 2.35. The van der Waals surface area contributed by atoms with E-state index >= 15 is 0 Å². The van der Waals surface area contributed by atoms with Crippen LogP contribution in [-0.4, -0.2) is 31.6 Å². The Morgan fingerprint density at radius 2 is 1.75 bits per heavy atom. The lowest BCUT2D eigenvalue weighted by Gasteiger charge is -2.20. The molecule has 0 bridgehead atoms. The van der Waals surface area contributed by atoms with Crippen LogP contribution in [0.3, 0.4) is 0 Å². The molecule has 0 radical (unpaired) electrons. The van der Waals surface area contributed by atoms with Gasteiger partial charge in [-0.2, -0.15) is 16.1 Å². The average molecular weight is 362 g/mol. The summed E-state index contributed by atoms with van der Waals surface area (Å²) in [5.74, 6) is 0.825. The predicted molar refractivity (Wildman–Crippen MR) is 101 cm³/mol. The summed E-state index contributed by atoms with van der Waals surface area (Å²) in [5.41, 5.74) is 2.44. The smallest absolute Gasteiger partial charge is 0.207 e. The SMILES string of the molecule is CCc1ccc(S(=O)(=O)N2CCSC(c3ccccc3)CC2)cc1. The lowest BCUT2D eigenvalue weighted by Crippen LogP contribution is -2.33. The van der Waals surface area contributed by atoms with E-state index in [0.29, 0.717) is 23.2 Å². The standard InChI is InChI=1S/C19H23NO2S2/c1-2-16-8-10-18(11-9-16)24(21,22)20-13-12-19(23-15-14-20)17-6-4-3-5-7-17/h3-11,19H,2,12-15H2,1H3. The van der Waals surface area contributed by atoms with Crippen LogP contribution in [0.25, 0.3) is 0 Å². The number of thioether (sulfide) groups is 1. The third-order valence-electron chi connectivity index (χ3n) is 4.44. The molecule has 1 atom stereocenters. The van der Waals surface area contributed by atoms with Gasteiger partial charge in [-0.15, -0.1) is 0 Å². The summed E-state index contributed by atoms with van der Waals surface area (Å²) in [6.07, 6.45) is 1.76. The van der Waals surface area contributed by atoms with Crippen LogP contribution < -0.4 is 0 Å². The molecule has 0 amide bonds. The van der Waals surface area contributed by atoms with Gasteiger partial charge in [-0.05, 0) is 36.1 Å². The number of sulfonamides is 1. The number of hydrogen-bond acceptors (Lipinski definition) is 3. The second kappa shape index (κ2) is 7.72. The molecule has 1 aliphatic heterocycles. The molecule has 1 unspecified atom stereocenters. The van der Waals surface area contributed by atoms with Gasteiger partial charge in [0.1, 0.15) is 0 Å². The van der Waals surface area contributed by atoms with Crippen molar-refractivity contribution < 1.29 is 8.42 Å². The van der Waals surface area contributed by atoms with E-state index in [1.54, 1.807) is 16.4 Å². The van der Waals surface area contributed by atoms with E-state index in [1.165, 1.54) is 5.56 Å². The van der Waals surface area contributed by atoms with Crippen molar-refractivity contribution in [2.24, 2.45) is 0 Å². The molecule has 3 nitrogen and oxygen atoms in total. The molecule has 2 aromatic carbocycles. The molecular weight excluding hydrogens is 338 g/mol. The van der Waals surface area contributed by atoms with Gasteiger partial charge in [0, 0.05) is 24.1 Å². The van der Waals surface area contributed by atoms with Crippen LogP contribution in [0.2, 0.25) is 0 Å². The molecule has 1 fully saturated rings. The fourth-order valence-electron chi connectivity index (χ4n) is 2.97. The average Bonchev–Trinajstić information content (AvgIpc) is 2.89. The molecule has 2 aromatic rings. The predicted octanol–water partition coefficient (Wildman–Crippen LogP) is 4.12. The van der Waals surface area contributed by atoms with Gasteiger partial charge in [0.15, 0.2) is 0 Å². The van der Waals surface area contributed by atoms with E-state index in [-0.39, 0.29) is 0 Å². The van der Waals surface area contributed by atoms with Crippen LogP contribution in [-0.2, 0) is 16.4 Å². The lowest BCUT2D eigenvalue weighted by atomic mass is 10.1. The Morgan fingerprint density at radius 3 is 2.42 bits per heavy atom. The summed E-state index contributed by atoms with van der Waals surface area (Å²) in [7, 11) is -3.40. The molecule has 5 heteroatoms. The Kier molecular flexibility index (Phi) is 5.64. The monoisotopic (exact) mass is 361 g/mol. The first-order valence-electron chi connectivity index (χ1n) is 8.37. The molecule has 0 spiro atoms. The summed E-state index contributed by atoms with van der Waals surface area (Å²) >= 11 is 1.85. The molecule has 0 aliphatic carbocycles. The van der Waals surface area contributed by atoms with Crippen molar-refractivity contribution in [3.05, 3.63) is 65.7 Å². The first-order valence-corrected chi connectivity index (χ1v) is 10.9. The lowest BCUT2D eigenvalue weighted by molar-refractivity contribution is 0.428. The van der Waals surface area contributed by atoms with E-state index in [0.717, 1.165) is 24.2 Å². The van der Waals surface area contributed by atoms with E-state index in [2.05, 4.69) is 19.1 Å². The Hall–Kier alpha value is -1.30. The van der Waals surface area contributed by atoms with Crippen LogP contribution in [0, 0.1) is 0 Å². The zero-order valence-electron chi connectivity index (χ0n) is 13.9. The van der Waals surface area contributed by atoms with Crippen LogP contribution in [0.5, 0.6) is 0 Å². The van der Waals surface area contributed by atoms with Gasteiger partial charge < -0.3 is 0 Å². The summed E-state index contributed by atoms with van der Waals surface area (Å²) in [4.78, 5) is 0.405. The molecule has 1 aliphatic rings. The Morgan fingerprint density at radius 1 is 1.04 bits per heavy atom. The molecule has 1 saturated heterocycles. The van der Waals surface area contributed by atoms with Crippen molar-refractivity contribution in [3.8, 4) is 0 Å². The zero-order valence-corrected chi connectivity index (χ0v) is 15.5. The number of benzene rings is 2.